The lowest BCUT2D eigenvalue weighted by atomic mass is 10.3. The molecule has 0 aliphatic rings. The van der Waals surface area contributed by atoms with Crippen LogP contribution < -0.4 is 10.1 Å². The molecule has 0 atom stereocenters. The van der Waals surface area contributed by atoms with Gasteiger partial charge in [0.15, 0.2) is 6.61 Å². The van der Waals surface area contributed by atoms with Crippen LogP contribution in [-0.4, -0.2) is 27.0 Å². The fourth-order valence-electron chi connectivity index (χ4n) is 2.17. The molecule has 122 valence electrons. The molecule has 1 amide bonds. The fraction of sp³-hybridized carbons (Fsp3) is 0.125. The monoisotopic (exact) mass is 326 g/mol. The van der Waals surface area contributed by atoms with Gasteiger partial charge in [-0.2, -0.15) is 0 Å². The molecule has 8 heteroatoms. The fourth-order valence-corrected chi connectivity index (χ4v) is 2.17. The SMILES string of the molecule is O=C(COc1ccccc1)NCn1cnc2ccc([N+](=O)[O-])cc21. The number of fused-ring (bicyclic) bond motifs is 1. The molecule has 0 unspecified atom stereocenters. The van der Waals surface area contributed by atoms with E-state index in [0.29, 0.717) is 16.8 Å². The van der Waals surface area contributed by atoms with Crippen molar-refractivity contribution in [3.8, 4) is 5.75 Å². The lowest BCUT2D eigenvalue weighted by Crippen LogP contribution is -2.30. The average molecular weight is 326 g/mol. The summed E-state index contributed by atoms with van der Waals surface area (Å²) >= 11 is 0. The number of aromatic nitrogens is 2. The first kappa shape index (κ1) is 15.5. The zero-order valence-electron chi connectivity index (χ0n) is 12.6. The maximum atomic E-state index is 11.8. The number of nitro benzene ring substituents is 1. The topological polar surface area (TPSA) is 99.3 Å². The van der Waals surface area contributed by atoms with Gasteiger partial charge in [0.1, 0.15) is 5.75 Å². The molecule has 0 saturated heterocycles. The van der Waals surface area contributed by atoms with Crippen LogP contribution in [0.2, 0.25) is 0 Å². The molecule has 3 rings (SSSR count). The number of nitrogens with one attached hydrogen (secondary N) is 1. The van der Waals surface area contributed by atoms with Gasteiger partial charge >= 0.3 is 0 Å². The summed E-state index contributed by atoms with van der Waals surface area (Å²) in [5, 5.41) is 13.5. The maximum absolute atomic E-state index is 11.8. The minimum absolute atomic E-state index is 0.0250. The van der Waals surface area contributed by atoms with Gasteiger partial charge in [0.25, 0.3) is 11.6 Å². The van der Waals surface area contributed by atoms with Gasteiger partial charge < -0.3 is 14.6 Å². The molecule has 3 aromatic rings. The van der Waals surface area contributed by atoms with Crippen molar-refractivity contribution in [3.05, 3.63) is 65.0 Å². The molecule has 0 radical (unpaired) electrons. The number of imidazole rings is 1. The molecule has 0 aliphatic heterocycles. The van der Waals surface area contributed by atoms with Crippen LogP contribution in [0.3, 0.4) is 0 Å². The van der Waals surface area contributed by atoms with Crippen molar-refractivity contribution >= 4 is 22.6 Å². The van der Waals surface area contributed by atoms with E-state index < -0.39 is 4.92 Å². The number of non-ortho nitro benzene ring substituents is 1. The van der Waals surface area contributed by atoms with Gasteiger partial charge in [-0.3, -0.25) is 14.9 Å². The van der Waals surface area contributed by atoms with Crippen molar-refractivity contribution in [3.63, 3.8) is 0 Å². The van der Waals surface area contributed by atoms with E-state index in [9.17, 15) is 14.9 Å². The van der Waals surface area contributed by atoms with Crippen LogP contribution >= 0.6 is 0 Å². The Morgan fingerprint density at radius 3 is 2.79 bits per heavy atom. The molecule has 8 nitrogen and oxygen atoms in total. The molecule has 0 spiro atoms. The lowest BCUT2D eigenvalue weighted by molar-refractivity contribution is -0.384. The second-order valence-corrected chi connectivity index (χ2v) is 5.00. The van der Waals surface area contributed by atoms with Crippen molar-refractivity contribution in [2.45, 2.75) is 6.67 Å². The number of rotatable bonds is 6. The molecule has 1 aromatic heterocycles. The summed E-state index contributed by atoms with van der Waals surface area (Å²) in [4.78, 5) is 26.4. The van der Waals surface area contributed by atoms with Crippen LogP contribution in [0.25, 0.3) is 11.0 Å². The smallest absolute Gasteiger partial charge is 0.271 e. The van der Waals surface area contributed by atoms with E-state index in [1.54, 1.807) is 22.8 Å². The zero-order valence-corrected chi connectivity index (χ0v) is 12.6. The summed E-state index contributed by atoms with van der Waals surface area (Å²) in [6.45, 7) is 0.0332. The normalized spacial score (nSPS) is 10.5. The predicted molar refractivity (Wildman–Crippen MR) is 86.5 cm³/mol. The van der Waals surface area contributed by atoms with E-state index >= 15 is 0 Å². The van der Waals surface area contributed by atoms with Crippen molar-refractivity contribution in [2.75, 3.05) is 6.61 Å². The van der Waals surface area contributed by atoms with E-state index in [-0.39, 0.29) is 24.9 Å². The second-order valence-electron chi connectivity index (χ2n) is 5.00. The Labute approximate surface area is 136 Å². The van der Waals surface area contributed by atoms with Gasteiger partial charge in [-0.05, 0) is 18.2 Å². The standard InChI is InChI=1S/C16H14N4O4/c21-16(9-24-13-4-2-1-3-5-13)18-11-19-10-17-14-7-6-12(20(22)23)8-15(14)19/h1-8,10H,9,11H2,(H,18,21). The van der Waals surface area contributed by atoms with Gasteiger partial charge in [-0.15, -0.1) is 0 Å². The molecular formula is C16H14N4O4. The minimum Gasteiger partial charge on any atom is -0.484 e. The van der Waals surface area contributed by atoms with Crippen molar-refractivity contribution in [1.82, 2.24) is 14.9 Å². The molecule has 2 aromatic carbocycles. The van der Waals surface area contributed by atoms with E-state index in [2.05, 4.69) is 10.3 Å². The summed E-state index contributed by atoms with van der Waals surface area (Å²) < 4.78 is 6.98. The van der Waals surface area contributed by atoms with Crippen LogP contribution in [0.1, 0.15) is 0 Å². The Bertz CT molecular complexity index is 876. The summed E-state index contributed by atoms with van der Waals surface area (Å²) in [6, 6.07) is 13.4. The quantitative estimate of drug-likeness (QED) is 0.552. The molecule has 0 saturated carbocycles. The maximum Gasteiger partial charge on any atom is 0.271 e. The van der Waals surface area contributed by atoms with E-state index in [4.69, 9.17) is 4.74 Å². The summed E-state index contributed by atoms with van der Waals surface area (Å²) in [7, 11) is 0. The van der Waals surface area contributed by atoms with Gasteiger partial charge in [0.05, 0.1) is 29.0 Å². The summed E-state index contributed by atoms with van der Waals surface area (Å²) in [6.07, 6.45) is 1.52. The number of para-hydroxylation sites is 1. The van der Waals surface area contributed by atoms with E-state index in [0.717, 1.165) is 0 Å². The number of benzene rings is 2. The van der Waals surface area contributed by atoms with Crippen LogP contribution in [0.4, 0.5) is 5.69 Å². The average Bonchev–Trinajstić information content (AvgIpc) is 3.01. The third kappa shape index (κ3) is 3.49. The Morgan fingerprint density at radius 2 is 2.04 bits per heavy atom. The van der Waals surface area contributed by atoms with Gasteiger partial charge in [-0.1, -0.05) is 18.2 Å². The highest BCUT2D eigenvalue weighted by molar-refractivity contribution is 5.79. The van der Waals surface area contributed by atoms with Crippen LogP contribution in [0, 0.1) is 10.1 Å². The van der Waals surface area contributed by atoms with Crippen LogP contribution in [0.5, 0.6) is 5.75 Å². The Hall–Kier alpha value is -3.42. The number of carbonyl (C=O) groups excluding carboxylic acids is 1. The number of hydrogen-bond donors (Lipinski definition) is 1. The van der Waals surface area contributed by atoms with Gasteiger partial charge in [-0.25, -0.2) is 4.98 Å². The lowest BCUT2D eigenvalue weighted by Gasteiger charge is -2.08. The van der Waals surface area contributed by atoms with Crippen molar-refractivity contribution < 1.29 is 14.5 Å². The number of nitrogens with zero attached hydrogens (tertiary/aromatic N) is 3. The number of amides is 1. The van der Waals surface area contributed by atoms with Crippen molar-refractivity contribution in [2.24, 2.45) is 0 Å². The number of carbonyl (C=O) groups is 1. The second kappa shape index (κ2) is 6.78. The Kier molecular flexibility index (Phi) is 4.37. The first-order chi connectivity index (χ1) is 11.6. The molecule has 0 aliphatic carbocycles. The third-order valence-corrected chi connectivity index (χ3v) is 3.38. The van der Waals surface area contributed by atoms with Crippen LogP contribution in [0.15, 0.2) is 54.9 Å². The molecule has 1 N–H and O–H groups in total. The van der Waals surface area contributed by atoms with Gasteiger partial charge in [0, 0.05) is 12.1 Å². The molecule has 0 bridgehead atoms. The zero-order chi connectivity index (χ0) is 16.9. The largest absolute Gasteiger partial charge is 0.484 e. The number of ether oxygens (including phenoxy) is 1. The first-order valence-corrected chi connectivity index (χ1v) is 7.17. The Balaban J connectivity index is 1.61. The van der Waals surface area contributed by atoms with Crippen LogP contribution in [-0.2, 0) is 11.5 Å². The third-order valence-electron chi connectivity index (χ3n) is 3.38. The molecule has 24 heavy (non-hydrogen) atoms. The summed E-state index contributed by atoms with van der Waals surface area (Å²) in [5.41, 5.74) is 1.17. The molecule has 1 heterocycles. The number of hydrogen-bond acceptors (Lipinski definition) is 5. The number of nitro groups is 1. The predicted octanol–water partition coefficient (Wildman–Crippen LogP) is 2.10. The highest BCUT2D eigenvalue weighted by Crippen LogP contribution is 2.19. The molecular weight excluding hydrogens is 312 g/mol. The first-order valence-electron chi connectivity index (χ1n) is 7.17. The highest BCUT2D eigenvalue weighted by atomic mass is 16.6. The Morgan fingerprint density at radius 1 is 1.25 bits per heavy atom. The molecule has 0 fully saturated rings. The summed E-state index contributed by atoms with van der Waals surface area (Å²) in [5.74, 6) is 0.308. The van der Waals surface area contributed by atoms with Crippen molar-refractivity contribution in [1.29, 1.82) is 0 Å². The minimum atomic E-state index is -0.469. The van der Waals surface area contributed by atoms with E-state index in [1.807, 2.05) is 18.2 Å². The van der Waals surface area contributed by atoms with Gasteiger partial charge in [0.2, 0.25) is 0 Å². The highest BCUT2D eigenvalue weighted by Gasteiger charge is 2.11. The van der Waals surface area contributed by atoms with E-state index in [1.165, 1.54) is 18.5 Å².